The van der Waals surface area contributed by atoms with E-state index in [-0.39, 0.29) is 18.4 Å². The summed E-state index contributed by atoms with van der Waals surface area (Å²) in [5.41, 5.74) is 3.08. The van der Waals surface area contributed by atoms with Gasteiger partial charge in [0.2, 0.25) is 5.91 Å². The number of carbonyl (C=O) groups is 2. The smallest absolute Gasteiger partial charge is 0.273 e. The van der Waals surface area contributed by atoms with E-state index in [1.54, 1.807) is 24.7 Å². The van der Waals surface area contributed by atoms with Crippen molar-refractivity contribution < 1.29 is 14.3 Å². The van der Waals surface area contributed by atoms with Crippen molar-refractivity contribution in [3.63, 3.8) is 0 Å². The topological polar surface area (TPSA) is 89.4 Å². The lowest BCUT2D eigenvalue weighted by atomic mass is 9.94. The van der Waals surface area contributed by atoms with E-state index >= 15 is 0 Å². The second kappa shape index (κ2) is 8.22. The van der Waals surface area contributed by atoms with Crippen LogP contribution in [0.5, 0.6) is 5.75 Å². The third kappa shape index (κ3) is 3.76. The molecule has 2 aromatic heterocycles. The van der Waals surface area contributed by atoms with Crippen molar-refractivity contribution in [2.45, 2.75) is 25.4 Å². The number of aromatic nitrogens is 3. The van der Waals surface area contributed by atoms with Gasteiger partial charge in [0.25, 0.3) is 5.91 Å². The number of hydrogen-bond acceptors (Lipinski definition) is 5. The van der Waals surface area contributed by atoms with Crippen LogP contribution in [0.2, 0.25) is 0 Å². The van der Waals surface area contributed by atoms with Gasteiger partial charge in [-0.2, -0.15) is 0 Å². The van der Waals surface area contributed by atoms with Crippen molar-refractivity contribution in [2.75, 3.05) is 19.7 Å². The number of hydrogen-bond donors (Lipinski definition) is 1. The molecule has 1 atom stereocenters. The van der Waals surface area contributed by atoms with Gasteiger partial charge in [-0.1, -0.05) is 18.2 Å². The van der Waals surface area contributed by atoms with E-state index in [9.17, 15) is 9.59 Å². The van der Waals surface area contributed by atoms with Crippen molar-refractivity contribution in [1.82, 2.24) is 24.8 Å². The minimum atomic E-state index is -0.391. The van der Waals surface area contributed by atoms with E-state index in [2.05, 4.69) is 15.3 Å². The molecule has 0 spiro atoms. The zero-order chi connectivity index (χ0) is 21.2. The van der Waals surface area contributed by atoms with Crippen molar-refractivity contribution in [3.05, 3.63) is 77.6 Å². The van der Waals surface area contributed by atoms with Crippen LogP contribution in [0, 0.1) is 0 Å². The van der Waals surface area contributed by atoms with Crippen molar-refractivity contribution in [2.24, 2.45) is 0 Å². The Hall–Kier alpha value is -3.68. The van der Waals surface area contributed by atoms with Crippen molar-refractivity contribution >= 4 is 11.8 Å². The van der Waals surface area contributed by atoms with Crippen LogP contribution < -0.4 is 10.1 Å². The number of pyridine rings is 1. The number of imidazole rings is 1. The third-order valence-corrected chi connectivity index (χ3v) is 5.66. The van der Waals surface area contributed by atoms with Crippen LogP contribution >= 0.6 is 0 Å². The second-order valence-corrected chi connectivity index (χ2v) is 7.69. The minimum Gasteiger partial charge on any atom is -0.494 e. The van der Waals surface area contributed by atoms with E-state index in [0.29, 0.717) is 38.2 Å². The molecule has 8 nitrogen and oxygen atoms in total. The molecule has 5 rings (SSSR count). The van der Waals surface area contributed by atoms with Gasteiger partial charge in [-0.05, 0) is 36.2 Å². The number of amides is 2. The average Bonchev–Trinajstić information content (AvgIpc) is 3.21. The molecule has 2 bridgehead atoms. The Kier molecular flexibility index (Phi) is 5.11. The highest BCUT2D eigenvalue weighted by atomic mass is 16.5. The highest BCUT2D eigenvalue weighted by molar-refractivity contribution is 5.93. The molecular formula is C23H23N5O3. The van der Waals surface area contributed by atoms with Gasteiger partial charge in [-0.3, -0.25) is 14.6 Å². The molecule has 31 heavy (non-hydrogen) atoms. The summed E-state index contributed by atoms with van der Waals surface area (Å²) >= 11 is 0. The monoisotopic (exact) mass is 417 g/mol. The average molecular weight is 417 g/mol. The number of fused-ring (bicyclic) bond motifs is 3. The Morgan fingerprint density at radius 1 is 1.16 bits per heavy atom. The van der Waals surface area contributed by atoms with Gasteiger partial charge in [0.15, 0.2) is 0 Å². The van der Waals surface area contributed by atoms with Gasteiger partial charge in [-0.15, -0.1) is 0 Å². The summed E-state index contributed by atoms with van der Waals surface area (Å²) in [6, 6.07) is 12.7. The molecule has 4 heterocycles. The molecule has 0 radical (unpaired) electrons. The normalized spacial score (nSPS) is 18.5. The Labute approximate surface area is 179 Å². The molecule has 8 heteroatoms. The summed E-state index contributed by atoms with van der Waals surface area (Å²) in [5, 5.41) is 2.93. The molecule has 2 aliphatic heterocycles. The Bertz CT molecular complexity index is 1110. The molecular weight excluding hydrogens is 394 g/mol. The molecule has 0 saturated heterocycles. The molecule has 3 aromatic rings. The standard InChI is InChI=1S/C23H23N5O3/c29-20-14-27-15-26-18-8-11-28(23(30)19-7-1-2-9-24-19)21(22(18)27)16-5-3-6-17(13-16)31-12-4-10-25-20/h1-3,5-7,9,13,15,21H,4,8,10-12,14H2,(H,25,29). The van der Waals surface area contributed by atoms with Gasteiger partial charge >= 0.3 is 0 Å². The summed E-state index contributed by atoms with van der Waals surface area (Å²) in [7, 11) is 0. The van der Waals surface area contributed by atoms with Crippen LogP contribution in [0.15, 0.2) is 55.0 Å². The zero-order valence-corrected chi connectivity index (χ0v) is 17.0. The number of carbonyl (C=O) groups excluding carboxylic acids is 2. The molecule has 1 aromatic carbocycles. The second-order valence-electron chi connectivity index (χ2n) is 7.69. The first-order valence-electron chi connectivity index (χ1n) is 10.5. The van der Waals surface area contributed by atoms with E-state index in [0.717, 1.165) is 22.7 Å². The number of benzene rings is 1. The van der Waals surface area contributed by atoms with Gasteiger partial charge < -0.3 is 19.5 Å². The largest absolute Gasteiger partial charge is 0.494 e. The van der Waals surface area contributed by atoms with Crippen LogP contribution in [0.25, 0.3) is 0 Å². The number of ether oxygens (including phenoxy) is 1. The summed E-state index contributed by atoms with van der Waals surface area (Å²) in [6.07, 6.45) is 4.66. The molecule has 1 unspecified atom stereocenters. The van der Waals surface area contributed by atoms with E-state index in [1.807, 2.05) is 39.8 Å². The lowest BCUT2D eigenvalue weighted by Gasteiger charge is -2.36. The summed E-state index contributed by atoms with van der Waals surface area (Å²) in [4.78, 5) is 36.6. The first-order chi connectivity index (χ1) is 15.2. The highest BCUT2D eigenvalue weighted by Gasteiger charge is 2.36. The van der Waals surface area contributed by atoms with E-state index < -0.39 is 6.04 Å². The fourth-order valence-corrected chi connectivity index (χ4v) is 4.24. The van der Waals surface area contributed by atoms with Gasteiger partial charge in [0.05, 0.1) is 30.4 Å². The SMILES string of the molecule is O=C1Cn2cnc3c2C(c2cccc(c2)OCCCN1)N(C(=O)c1ccccn1)CC3. The zero-order valence-electron chi connectivity index (χ0n) is 17.0. The van der Waals surface area contributed by atoms with E-state index in [4.69, 9.17) is 4.74 Å². The Morgan fingerprint density at radius 3 is 2.97 bits per heavy atom. The predicted octanol–water partition coefficient (Wildman–Crippen LogP) is 1.96. The van der Waals surface area contributed by atoms with Crippen LogP contribution in [0.1, 0.15) is 39.9 Å². The molecule has 0 fully saturated rings. The van der Waals surface area contributed by atoms with Crippen LogP contribution in [0.3, 0.4) is 0 Å². The molecule has 1 N–H and O–H groups in total. The fraction of sp³-hybridized carbons (Fsp3) is 0.304. The number of rotatable bonds is 1. The first kappa shape index (κ1) is 19.3. The summed E-state index contributed by atoms with van der Waals surface area (Å²) < 4.78 is 7.76. The minimum absolute atomic E-state index is 0.0851. The molecule has 0 aliphatic carbocycles. The van der Waals surface area contributed by atoms with Crippen LogP contribution in [-0.2, 0) is 17.8 Å². The maximum Gasteiger partial charge on any atom is 0.273 e. The summed E-state index contributed by atoms with van der Waals surface area (Å²) in [6.45, 7) is 1.72. The maximum atomic E-state index is 13.4. The highest BCUT2D eigenvalue weighted by Crippen LogP contribution is 2.37. The Balaban J connectivity index is 1.64. The molecule has 158 valence electrons. The van der Waals surface area contributed by atoms with Gasteiger partial charge in [0, 0.05) is 25.7 Å². The third-order valence-electron chi connectivity index (χ3n) is 5.66. The summed E-state index contributed by atoms with van der Waals surface area (Å²) in [5.74, 6) is 0.508. The quantitative estimate of drug-likeness (QED) is 0.654. The Morgan fingerprint density at radius 2 is 2.10 bits per heavy atom. The maximum absolute atomic E-state index is 13.4. The van der Waals surface area contributed by atoms with Crippen molar-refractivity contribution in [1.29, 1.82) is 0 Å². The molecule has 0 saturated carbocycles. The van der Waals surface area contributed by atoms with Crippen molar-refractivity contribution in [3.8, 4) is 5.75 Å². The number of nitrogens with zero attached hydrogens (tertiary/aromatic N) is 4. The number of nitrogens with one attached hydrogen (secondary N) is 1. The predicted molar refractivity (Wildman–Crippen MR) is 113 cm³/mol. The lowest BCUT2D eigenvalue weighted by molar-refractivity contribution is -0.121. The molecule has 2 amide bonds. The van der Waals surface area contributed by atoms with Crippen LogP contribution in [0.4, 0.5) is 0 Å². The lowest BCUT2D eigenvalue weighted by Crippen LogP contribution is -2.42. The first-order valence-corrected chi connectivity index (χ1v) is 10.5. The van der Waals surface area contributed by atoms with Gasteiger partial charge in [-0.25, -0.2) is 4.98 Å². The van der Waals surface area contributed by atoms with Gasteiger partial charge in [0.1, 0.15) is 18.0 Å². The van der Waals surface area contributed by atoms with E-state index in [1.165, 1.54) is 0 Å². The molecule has 2 aliphatic rings. The van der Waals surface area contributed by atoms with Crippen LogP contribution in [-0.4, -0.2) is 50.9 Å². The fourth-order valence-electron chi connectivity index (χ4n) is 4.24.